The molecule has 2 aliphatic rings. The van der Waals surface area contributed by atoms with E-state index in [1.165, 1.54) is 5.56 Å². The number of hydrogen-bond donors (Lipinski definition) is 2. The Balaban J connectivity index is 1.79. The number of nitrogens with zero attached hydrogens (tertiary/aromatic N) is 1. The van der Waals surface area contributed by atoms with Crippen molar-refractivity contribution in [3.8, 4) is 5.75 Å². The van der Waals surface area contributed by atoms with E-state index in [1.54, 1.807) is 4.90 Å². The van der Waals surface area contributed by atoms with E-state index in [0.717, 1.165) is 24.3 Å². The standard InChI is InChI=1S/C14H19N3O2/c1-9(7-15)17-8-12(16-14(17)18)10-2-3-13-11(6-10)4-5-19-13/h2-3,6,9,12H,4-5,7-8,15H2,1H3,(H,16,18). The van der Waals surface area contributed by atoms with Crippen molar-refractivity contribution in [3.05, 3.63) is 29.3 Å². The monoisotopic (exact) mass is 261 g/mol. The summed E-state index contributed by atoms with van der Waals surface area (Å²) in [5.74, 6) is 0.972. The Bertz CT molecular complexity index is 503. The van der Waals surface area contributed by atoms with Crippen LogP contribution in [0.25, 0.3) is 0 Å². The first kappa shape index (κ1) is 12.3. The van der Waals surface area contributed by atoms with Gasteiger partial charge in [-0.05, 0) is 30.2 Å². The predicted octanol–water partition coefficient (Wildman–Crippen LogP) is 1.03. The molecule has 1 aromatic carbocycles. The van der Waals surface area contributed by atoms with E-state index in [1.807, 2.05) is 19.1 Å². The normalized spacial score (nSPS) is 22.9. The first-order chi connectivity index (χ1) is 9.19. The van der Waals surface area contributed by atoms with Gasteiger partial charge >= 0.3 is 6.03 Å². The van der Waals surface area contributed by atoms with Crippen LogP contribution in [-0.4, -0.2) is 36.7 Å². The molecule has 19 heavy (non-hydrogen) atoms. The van der Waals surface area contributed by atoms with Gasteiger partial charge in [0.05, 0.1) is 12.6 Å². The Morgan fingerprint density at radius 1 is 1.58 bits per heavy atom. The van der Waals surface area contributed by atoms with Gasteiger partial charge in [0.1, 0.15) is 5.75 Å². The minimum absolute atomic E-state index is 0.0281. The molecule has 2 heterocycles. The second-order valence-electron chi connectivity index (χ2n) is 5.20. The number of urea groups is 1. The van der Waals surface area contributed by atoms with Crippen LogP contribution < -0.4 is 15.8 Å². The first-order valence-electron chi connectivity index (χ1n) is 6.72. The van der Waals surface area contributed by atoms with Gasteiger partial charge in [0.2, 0.25) is 0 Å². The lowest BCUT2D eigenvalue weighted by atomic mass is 10.0. The summed E-state index contributed by atoms with van der Waals surface area (Å²) in [4.78, 5) is 13.7. The van der Waals surface area contributed by atoms with Crippen LogP contribution in [0.15, 0.2) is 18.2 Å². The lowest BCUT2D eigenvalue weighted by molar-refractivity contribution is 0.203. The molecule has 5 nitrogen and oxygen atoms in total. The molecule has 1 saturated heterocycles. The van der Waals surface area contributed by atoms with Crippen molar-refractivity contribution in [1.29, 1.82) is 0 Å². The molecular formula is C14H19N3O2. The molecule has 0 saturated carbocycles. The Labute approximate surface area is 112 Å². The Hall–Kier alpha value is -1.75. The molecule has 102 valence electrons. The Kier molecular flexibility index (Phi) is 3.06. The van der Waals surface area contributed by atoms with Crippen LogP contribution in [0.3, 0.4) is 0 Å². The average Bonchev–Trinajstić information content (AvgIpc) is 3.03. The van der Waals surface area contributed by atoms with E-state index in [0.29, 0.717) is 13.1 Å². The fraction of sp³-hybridized carbons (Fsp3) is 0.500. The number of nitrogens with two attached hydrogens (primary N) is 1. The third-order valence-corrected chi connectivity index (χ3v) is 3.93. The van der Waals surface area contributed by atoms with Gasteiger partial charge in [-0.15, -0.1) is 0 Å². The molecule has 0 spiro atoms. The molecule has 0 radical (unpaired) electrons. The van der Waals surface area contributed by atoms with Gasteiger partial charge in [-0.3, -0.25) is 0 Å². The number of hydrogen-bond acceptors (Lipinski definition) is 3. The van der Waals surface area contributed by atoms with Crippen molar-refractivity contribution >= 4 is 6.03 Å². The molecule has 3 N–H and O–H groups in total. The molecule has 0 aliphatic carbocycles. The maximum absolute atomic E-state index is 11.9. The summed E-state index contributed by atoms with van der Waals surface area (Å²) in [6.07, 6.45) is 0.951. The summed E-state index contributed by atoms with van der Waals surface area (Å²) < 4.78 is 5.50. The van der Waals surface area contributed by atoms with Crippen LogP contribution in [0.5, 0.6) is 5.75 Å². The molecule has 1 fully saturated rings. The molecule has 0 bridgehead atoms. The fourth-order valence-electron chi connectivity index (χ4n) is 2.68. The van der Waals surface area contributed by atoms with Crippen molar-refractivity contribution < 1.29 is 9.53 Å². The van der Waals surface area contributed by atoms with Crippen molar-refractivity contribution in [2.75, 3.05) is 19.7 Å². The summed E-state index contributed by atoms with van der Waals surface area (Å²) in [6.45, 7) is 3.89. The SMILES string of the molecule is CC(CN)N1CC(c2ccc3c(c2)CCO3)NC1=O. The summed E-state index contributed by atoms with van der Waals surface area (Å²) in [6, 6.07) is 6.27. The van der Waals surface area contributed by atoms with Gasteiger partial charge in [0.25, 0.3) is 0 Å². The summed E-state index contributed by atoms with van der Waals surface area (Å²) in [7, 11) is 0. The zero-order chi connectivity index (χ0) is 13.4. The van der Waals surface area contributed by atoms with Crippen molar-refractivity contribution in [3.63, 3.8) is 0 Å². The fourth-order valence-corrected chi connectivity index (χ4v) is 2.68. The zero-order valence-electron chi connectivity index (χ0n) is 11.1. The molecule has 0 aromatic heterocycles. The summed E-state index contributed by atoms with van der Waals surface area (Å²) in [5, 5.41) is 3.02. The van der Waals surface area contributed by atoms with Crippen LogP contribution >= 0.6 is 0 Å². The van der Waals surface area contributed by atoms with Crippen molar-refractivity contribution in [2.45, 2.75) is 25.4 Å². The molecule has 2 atom stereocenters. The van der Waals surface area contributed by atoms with Crippen LogP contribution in [0.2, 0.25) is 0 Å². The van der Waals surface area contributed by atoms with Crippen LogP contribution in [0.1, 0.15) is 24.1 Å². The highest BCUT2D eigenvalue weighted by molar-refractivity contribution is 5.77. The second kappa shape index (κ2) is 4.74. The van der Waals surface area contributed by atoms with Gasteiger partial charge in [-0.1, -0.05) is 6.07 Å². The topological polar surface area (TPSA) is 67.6 Å². The lowest BCUT2D eigenvalue weighted by Gasteiger charge is -2.21. The predicted molar refractivity (Wildman–Crippen MR) is 72.1 cm³/mol. The number of carbonyl (C=O) groups is 1. The summed E-state index contributed by atoms with van der Waals surface area (Å²) >= 11 is 0. The quantitative estimate of drug-likeness (QED) is 0.854. The zero-order valence-corrected chi connectivity index (χ0v) is 11.1. The average molecular weight is 261 g/mol. The largest absolute Gasteiger partial charge is 0.493 e. The number of amides is 2. The smallest absolute Gasteiger partial charge is 0.318 e. The van der Waals surface area contributed by atoms with E-state index in [2.05, 4.69) is 11.4 Å². The first-order valence-corrected chi connectivity index (χ1v) is 6.72. The second-order valence-corrected chi connectivity index (χ2v) is 5.20. The molecule has 5 heteroatoms. The number of ether oxygens (including phenoxy) is 1. The van der Waals surface area contributed by atoms with E-state index >= 15 is 0 Å². The molecule has 2 amide bonds. The van der Waals surface area contributed by atoms with Gasteiger partial charge in [-0.25, -0.2) is 4.79 Å². The Morgan fingerprint density at radius 3 is 3.21 bits per heavy atom. The molecule has 1 aromatic rings. The van der Waals surface area contributed by atoms with E-state index in [-0.39, 0.29) is 18.1 Å². The molecular weight excluding hydrogens is 242 g/mol. The van der Waals surface area contributed by atoms with Gasteiger partial charge < -0.3 is 20.7 Å². The van der Waals surface area contributed by atoms with Gasteiger partial charge in [0.15, 0.2) is 0 Å². The van der Waals surface area contributed by atoms with Crippen molar-refractivity contribution in [2.24, 2.45) is 5.73 Å². The highest BCUT2D eigenvalue weighted by atomic mass is 16.5. The van der Waals surface area contributed by atoms with E-state index < -0.39 is 0 Å². The maximum atomic E-state index is 11.9. The minimum atomic E-state index is -0.0281. The Morgan fingerprint density at radius 2 is 2.42 bits per heavy atom. The van der Waals surface area contributed by atoms with Crippen molar-refractivity contribution in [1.82, 2.24) is 10.2 Å². The number of carbonyl (C=O) groups excluding carboxylic acids is 1. The number of rotatable bonds is 3. The lowest BCUT2D eigenvalue weighted by Crippen LogP contribution is -2.40. The summed E-state index contributed by atoms with van der Waals surface area (Å²) in [5.41, 5.74) is 8.01. The third-order valence-electron chi connectivity index (χ3n) is 3.93. The minimum Gasteiger partial charge on any atom is -0.493 e. The highest BCUT2D eigenvalue weighted by Gasteiger charge is 2.32. The molecule has 3 rings (SSSR count). The van der Waals surface area contributed by atoms with Gasteiger partial charge in [-0.2, -0.15) is 0 Å². The van der Waals surface area contributed by atoms with Crippen LogP contribution in [-0.2, 0) is 6.42 Å². The molecule has 2 unspecified atom stereocenters. The van der Waals surface area contributed by atoms with Crippen LogP contribution in [0, 0.1) is 0 Å². The number of nitrogens with one attached hydrogen (secondary N) is 1. The molecule has 2 aliphatic heterocycles. The number of fused-ring (bicyclic) bond motifs is 1. The number of benzene rings is 1. The van der Waals surface area contributed by atoms with Crippen LogP contribution in [0.4, 0.5) is 4.79 Å². The van der Waals surface area contributed by atoms with E-state index in [4.69, 9.17) is 10.5 Å². The van der Waals surface area contributed by atoms with Gasteiger partial charge in [0, 0.05) is 25.6 Å². The van der Waals surface area contributed by atoms with E-state index in [9.17, 15) is 4.79 Å². The maximum Gasteiger partial charge on any atom is 0.318 e. The highest BCUT2D eigenvalue weighted by Crippen LogP contribution is 2.30. The third kappa shape index (κ3) is 2.14.